The van der Waals surface area contributed by atoms with Crippen LogP contribution in [0, 0.1) is 12.7 Å². The summed E-state index contributed by atoms with van der Waals surface area (Å²) in [6.45, 7) is 2.18. The average Bonchev–Trinajstić information content (AvgIpc) is 3.09. The van der Waals surface area contributed by atoms with Gasteiger partial charge in [0.15, 0.2) is 5.82 Å². The van der Waals surface area contributed by atoms with E-state index in [9.17, 15) is 9.18 Å². The van der Waals surface area contributed by atoms with Crippen LogP contribution in [0.3, 0.4) is 0 Å². The largest absolute Gasteiger partial charge is 0.305 e. The van der Waals surface area contributed by atoms with Crippen molar-refractivity contribution in [1.29, 1.82) is 0 Å². The van der Waals surface area contributed by atoms with E-state index in [1.165, 1.54) is 6.07 Å². The van der Waals surface area contributed by atoms with Crippen LogP contribution in [0.5, 0.6) is 0 Å². The van der Waals surface area contributed by atoms with E-state index in [0.29, 0.717) is 23.5 Å². The minimum atomic E-state index is -0.272. The number of halogens is 1. The summed E-state index contributed by atoms with van der Waals surface area (Å²) in [5.74, 6) is -0.0670. The summed E-state index contributed by atoms with van der Waals surface area (Å²) in [4.78, 5) is 12.6. The molecular weight excluding hydrogens is 365 g/mol. The van der Waals surface area contributed by atoms with Crippen LogP contribution in [-0.2, 0) is 6.54 Å². The zero-order valence-corrected chi connectivity index (χ0v) is 16.0. The van der Waals surface area contributed by atoms with Gasteiger partial charge in [0.25, 0.3) is 5.91 Å². The smallest absolute Gasteiger partial charge is 0.256 e. The van der Waals surface area contributed by atoms with Crippen LogP contribution < -0.4 is 5.32 Å². The summed E-state index contributed by atoms with van der Waals surface area (Å²) in [5.41, 5.74) is 4.08. The molecule has 0 aliphatic rings. The van der Waals surface area contributed by atoms with Gasteiger partial charge in [-0.15, -0.1) is 0 Å². The molecule has 0 bridgehead atoms. The first-order valence-corrected chi connectivity index (χ1v) is 9.35. The number of nitrogens with one attached hydrogen (secondary N) is 1. The van der Waals surface area contributed by atoms with Crippen LogP contribution in [-0.4, -0.2) is 15.7 Å². The van der Waals surface area contributed by atoms with Crippen molar-refractivity contribution >= 4 is 11.7 Å². The van der Waals surface area contributed by atoms with E-state index < -0.39 is 0 Å². The van der Waals surface area contributed by atoms with E-state index in [0.717, 1.165) is 16.8 Å². The Labute approximate surface area is 168 Å². The van der Waals surface area contributed by atoms with Crippen LogP contribution in [0.1, 0.15) is 21.6 Å². The van der Waals surface area contributed by atoms with E-state index in [-0.39, 0.29) is 11.7 Å². The lowest BCUT2D eigenvalue weighted by Gasteiger charge is -2.06. The van der Waals surface area contributed by atoms with E-state index in [1.54, 1.807) is 41.1 Å². The number of hydrogen-bond donors (Lipinski definition) is 1. The van der Waals surface area contributed by atoms with E-state index >= 15 is 0 Å². The molecule has 0 saturated heterocycles. The normalized spacial score (nSPS) is 10.7. The number of anilines is 1. The number of rotatable bonds is 5. The van der Waals surface area contributed by atoms with Crippen molar-refractivity contribution in [1.82, 2.24) is 9.78 Å². The first-order valence-electron chi connectivity index (χ1n) is 9.35. The van der Waals surface area contributed by atoms with E-state index in [1.807, 2.05) is 49.4 Å². The Balaban J connectivity index is 1.47. The topological polar surface area (TPSA) is 46.9 Å². The molecule has 5 heteroatoms. The van der Waals surface area contributed by atoms with Crippen LogP contribution in [0.15, 0.2) is 84.9 Å². The third-order valence-electron chi connectivity index (χ3n) is 4.75. The number of amides is 1. The minimum Gasteiger partial charge on any atom is -0.305 e. The Morgan fingerprint density at radius 2 is 1.59 bits per heavy atom. The van der Waals surface area contributed by atoms with Gasteiger partial charge in [-0.2, -0.15) is 5.10 Å². The second-order valence-corrected chi connectivity index (χ2v) is 6.82. The molecule has 0 saturated carbocycles. The van der Waals surface area contributed by atoms with Gasteiger partial charge in [-0.05, 0) is 36.2 Å². The highest BCUT2D eigenvalue weighted by atomic mass is 19.1. The zero-order valence-electron chi connectivity index (χ0n) is 16.0. The predicted octanol–water partition coefficient (Wildman–Crippen LogP) is 5.30. The van der Waals surface area contributed by atoms with Gasteiger partial charge in [0.2, 0.25) is 0 Å². The van der Waals surface area contributed by atoms with Gasteiger partial charge in [-0.1, -0.05) is 60.7 Å². The summed E-state index contributed by atoms with van der Waals surface area (Å²) in [6, 6.07) is 25.8. The Kier molecular flexibility index (Phi) is 5.20. The van der Waals surface area contributed by atoms with Gasteiger partial charge in [0, 0.05) is 22.9 Å². The molecule has 144 valence electrons. The van der Waals surface area contributed by atoms with Gasteiger partial charge in [-0.3, -0.25) is 9.48 Å². The first kappa shape index (κ1) is 18.6. The lowest BCUT2D eigenvalue weighted by molar-refractivity contribution is 0.102. The van der Waals surface area contributed by atoms with Crippen molar-refractivity contribution in [3.05, 3.63) is 108 Å². The Bertz CT molecular complexity index is 1130. The Morgan fingerprint density at radius 1 is 0.931 bits per heavy atom. The molecular formula is C24H20FN3O. The number of aromatic nitrogens is 2. The van der Waals surface area contributed by atoms with Crippen molar-refractivity contribution in [3.63, 3.8) is 0 Å². The third-order valence-corrected chi connectivity index (χ3v) is 4.75. The molecule has 0 spiro atoms. The fourth-order valence-corrected chi connectivity index (χ4v) is 3.15. The van der Waals surface area contributed by atoms with Crippen LogP contribution in [0.4, 0.5) is 10.2 Å². The molecule has 1 heterocycles. The molecule has 29 heavy (non-hydrogen) atoms. The van der Waals surface area contributed by atoms with Gasteiger partial charge in [-0.25, -0.2) is 4.39 Å². The van der Waals surface area contributed by atoms with Gasteiger partial charge in [0.05, 0.1) is 6.54 Å². The second-order valence-electron chi connectivity index (χ2n) is 6.82. The molecule has 1 aromatic heterocycles. The van der Waals surface area contributed by atoms with Crippen molar-refractivity contribution in [2.75, 3.05) is 5.32 Å². The van der Waals surface area contributed by atoms with Crippen molar-refractivity contribution in [2.45, 2.75) is 13.5 Å². The molecule has 4 nitrogen and oxygen atoms in total. The summed E-state index contributed by atoms with van der Waals surface area (Å²) in [5, 5.41) is 7.21. The molecule has 0 aliphatic carbocycles. The highest BCUT2D eigenvalue weighted by molar-refractivity contribution is 6.04. The van der Waals surface area contributed by atoms with Crippen LogP contribution >= 0.6 is 0 Å². The number of aryl methyl sites for hydroxylation is 1. The molecule has 0 unspecified atom stereocenters. The van der Waals surface area contributed by atoms with E-state index in [4.69, 9.17) is 0 Å². The molecule has 1 amide bonds. The molecule has 3 aromatic carbocycles. The summed E-state index contributed by atoms with van der Waals surface area (Å²) < 4.78 is 15.6. The molecule has 0 radical (unpaired) electrons. The van der Waals surface area contributed by atoms with Crippen molar-refractivity contribution in [3.8, 4) is 11.1 Å². The van der Waals surface area contributed by atoms with Crippen molar-refractivity contribution < 1.29 is 9.18 Å². The average molecular weight is 385 g/mol. The molecule has 0 atom stereocenters. The minimum absolute atomic E-state index is 0.236. The lowest BCUT2D eigenvalue weighted by atomic mass is 10.0. The highest BCUT2D eigenvalue weighted by Crippen LogP contribution is 2.20. The van der Waals surface area contributed by atoms with E-state index in [2.05, 4.69) is 10.4 Å². The summed E-state index contributed by atoms with van der Waals surface area (Å²) >= 11 is 0. The molecule has 4 aromatic rings. The van der Waals surface area contributed by atoms with Crippen LogP contribution in [0.25, 0.3) is 11.1 Å². The van der Waals surface area contributed by atoms with Gasteiger partial charge in [0.1, 0.15) is 5.82 Å². The SMILES string of the molecule is Cc1cc(NC(=O)c2ccc(-c3ccccc3)cc2)nn1Cc1ccccc1F. The monoisotopic (exact) mass is 385 g/mol. The quantitative estimate of drug-likeness (QED) is 0.507. The van der Waals surface area contributed by atoms with Crippen LogP contribution in [0.2, 0.25) is 0 Å². The molecule has 1 N–H and O–H groups in total. The predicted molar refractivity (Wildman–Crippen MR) is 112 cm³/mol. The van der Waals surface area contributed by atoms with Gasteiger partial charge < -0.3 is 5.32 Å². The lowest BCUT2D eigenvalue weighted by Crippen LogP contribution is -2.13. The maximum absolute atomic E-state index is 13.9. The number of carbonyl (C=O) groups is 1. The maximum Gasteiger partial charge on any atom is 0.256 e. The fraction of sp³-hybridized carbons (Fsp3) is 0.0833. The Hall–Kier alpha value is -3.73. The highest BCUT2D eigenvalue weighted by Gasteiger charge is 2.12. The summed E-state index contributed by atoms with van der Waals surface area (Å²) in [6.07, 6.45) is 0. The first-order chi connectivity index (χ1) is 14.1. The maximum atomic E-state index is 13.9. The second kappa shape index (κ2) is 8.10. The molecule has 4 rings (SSSR count). The van der Waals surface area contributed by atoms with Gasteiger partial charge >= 0.3 is 0 Å². The number of carbonyl (C=O) groups excluding carboxylic acids is 1. The number of benzene rings is 3. The number of hydrogen-bond acceptors (Lipinski definition) is 2. The molecule has 0 aliphatic heterocycles. The molecule has 0 fully saturated rings. The zero-order chi connectivity index (χ0) is 20.2. The summed E-state index contributed by atoms with van der Waals surface area (Å²) in [7, 11) is 0. The van der Waals surface area contributed by atoms with Crippen molar-refractivity contribution in [2.24, 2.45) is 0 Å². The number of nitrogens with zero attached hydrogens (tertiary/aromatic N) is 2. The third kappa shape index (κ3) is 4.24. The fourth-order valence-electron chi connectivity index (χ4n) is 3.15. The standard InChI is InChI=1S/C24H20FN3O/c1-17-15-23(27-28(17)16-21-9-5-6-10-22(21)25)26-24(29)20-13-11-19(12-14-20)18-7-3-2-4-8-18/h2-15H,16H2,1H3,(H,26,27,29). The Morgan fingerprint density at radius 3 is 2.31 bits per heavy atom.